The highest BCUT2D eigenvalue weighted by atomic mass is 16.3. The zero-order valence-electron chi connectivity index (χ0n) is 15.2. The van der Waals surface area contributed by atoms with E-state index in [2.05, 4.69) is 24.0 Å². The van der Waals surface area contributed by atoms with Gasteiger partial charge in [0.15, 0.2) is 5.78 Å². The number of anilines is 1. The van der Waals surface area contributed by atoms with E-state index in [-0.39, 0.29) is 5.78 Å². The SMILES string of the molecule is CCCC(=O)c1ccc(N2CCC(O)(c3cccc(C)c3)CC2)cc1. The predicted molar refractivity (Wildman–Crippen MR) is 102 cm³/mol. The average molecular weight is 337 g/mol. The van der Waals surface area contributed by atoms with Crippen LogP contribution in [-0.2, 0) is 5.60 Å². The van der Waals surface area contributed by atoms with Crippen LogP contribution in [0.5, 0.6) is 0 Å². The lowest BCUT2D eigenvalue weighted by molar-refractivity contribution is 0.0117. The molecule has 1 aliphatic heterocycles. The van der Waals surface area contributed by atoms with Crippen LogP contribution in [0.15, 0.2) is 48.5 Å². The Labute approximate surface area is 150 Å². The van der Waals surface area contributed by atoms with Gasteiger partial charge in [-0.2, -0.15) is 0 Å². The first-order valence-corrected chi connectivity index (χ1v) is 9.19. The van der Waals surface area contributed by atoms with Gasteiger partial charge in [-0.1, -0.05) is 36.8 Å². The van der Waals surface area contributed by atoms with Crippen LogP contribution in [-0.4, -0.2) is 24.0 Å². The Bertz CT molecular complexity index is 728. The number of aryl methyl sites for hydroxylation is 1. The summed E-state index contributed by atoms with van der Waals surface area (Å²) in [6.45, 7) is 5.71. The number of hydrogen-bond donors (Lipinski definition) is 1. The highest BCUT2D eigenvalue weighted by Crippen LogP contribution is 2.34. The van der Waals surface area contributed by atoms with E-state index >= 15 is 0 Å². The fourth-order valence-electron chi connectivity index (χ4n) is 3.59. The Morgan fingerprint density at radius 3 is 2.40 bits per heavy atom. The van der Waals surface area contributed by atoms with E-state index in [0.29, 0.717) is 19.3 Å². The van der Waals surface area contributed by atoms with Gasteiger partial charge in [0.05, 0.1) is 5.60 Å². The predicted octanol–water partition coefficient (Wildman–Crippen LogP) is 4.47. The molecule has 2 aromatic carbocycles. The van der Waals surface area contributed by atoms with Gasteiger partial charge in [0.2, 0.25) is 0 Å². The molecule has 25 heavy (non-hydrogen) atoms. The molecular formula is C22H27NO2. The number of piperidine rings is 1. The van der Waals surface area contributed by atoms with Crippen LogP contribution < -0.4 is 4.90 Å². The first kappa shape index (κ1) is 17.7. The average Bonchev–Trinajstić information content (AvgIpc) is 2.63. The molecule has 0 radical (unpaired) electrons. The van der Waals surface area contributed by atoms with Crippen LogP contribution in [0.2, 0.25) is 0 Å². The fraction of sp³-hybridized carbons (Fsp3) is 0.409. The van der Waals surface area contributed by atoms with Gasteiger partial charge < -0.3 is 10.0 Å². The third-order valence-corrected chi connectivity index (χ3v) is 5.18. The summed E-state index contributed by atoms with van der Waals surface area (Å²) in [4.78, 5) is 14.2. The summed E-state index contributed by atoms with van der Waals surface area (Å²) in [6, 6.07) is 16.1. The minimum Gasteiger partial charge on any atom is -0.385 e. The van der Waals surface area contributed by atoms with E-state index in [4.69, 9.17) is 0 Å². The number of nitrogens with zero attached hydrogens (tertiary/aromatic N) is 1. The molecule has 3 heteroatoms. The van der Waals surface area contributed by atoms with E-state index in [1.807, 2.05) is 43.3 Å². The molecule has 0 spiro atoms. The van der Waals surface area contributed by atoms with Gasteiger partial charge in [0, 0.05) is 30.8 Å². The van der Waals surface area contributed by atoms with Crippen molar-refractivity contribution in [3.05, 3.63) is 65.2 Å². The van der Waals surface area contributed by atoms with Gasteiger partial charge in [-0.3, -0.25) is 4.79 Å². The van der Waals surface area contributed by atoms with Gasteiger partial charge in [-0.15, -0.1) is 0 Å². The number of aliphatic hydroxyl groups is 1. The molecule has 0 bridgehead atoms. The lowest BCUT2D eigenvalue weighted by Gasteiger charge is -2.39. The second-order valence-electron chi connectivity index (χ2n) is 7.11. The Balaban J connectivity index is 1.67. The molecule has 0 unspecified atom stereocenters. The Morgan fingerprint density at radius 1 is 1.12 bits per heavy atom. The van der Waals surface area contributed by atoms with Crippen LogP contribution in [0.3, 0.4) is 0 Å². The zero-order valence-corrected chi connectivity index (χ0v) is 15.2. The van der Waals surface area contributed by atoms with Crippen LogP contribution >= 0.6 is 0 Å². The molecule has 1 heterocycles. The Hall–Kier alpha value is -2.13. The van der Waals surface area contributed by atoms with Crippen LogP contribution in [0.25, 0.3) is 0 Å². The van der Waals surface area contributed by atoms with Crippen molar-refractivity contribution in [2.75, 3.05) is 18.0 Å². The second-order valence-corrected chi connectivity index (χ2v) is 7.11. The maximum atomic E-state index is 12.0. The van der Waals surface area contributed by atoms with Gasteiger partial charge in [0.1, 0.15) is 0 Å². The van der Waals surface area contributed by atoms with Gasteiger partial charge >= 0.3 is 0 Å². The van der Waals surface area contributed by atoms with Gasteiger partial charge in [-0.25, -0.2) is 0 Å². The number of hydrogen-bond acceptors (Lipinski definition) is 3. The van der Waals surface area contributed by atoms with E-state index in [1.165, 1.54) is 5.56 Å². The summed E-state index contributed by atoms with van der Waals surface area (Å²) < 4.78 is 0. The van der Waals surface area contributed by atoms with Crippen molar-refractivity contribution in [1.29, 1.82) is 0 Å². The summed E-state index contributed by atoms with van der Waals surface area (Å²) in [5, 5.41) is 11.0. The molecular weight excluding hydrogens is 310 g/mol. The van der Waals surface area contributed by atoms with Gasteiger partial charge in [-0.05, 0) is 56.0 Å². The normalized spacial score (nSPS) is 16.7. The molecule has 0 atom stereocenters. The number of carbonyl (C=O) groups excluding carboxylic acids is 1. The van der Waals surface area contributed by atoms with E-state index in [0.717, 1.165) is 36.3 Å². The standard InChI is InChI=1S/C22H27NO2/c1-3-5-21(24)18-8-10-20(11-9-18)23-14-12-22(25,13-15-23)19-7-4-6-17(2)16-19/h4,6-11,16,25H,3,5,12-15H2,1-2H3. The minimum atomic E-state index is -0.737. The number of carbonyl (C=O) groups is 1. The van der Waals surface area contributed by atoms with E-state index in [1.54, 1.807) is 0 Å². The molecule has 1 aliphatic rings. The molecule has 0 saturated carbocycles. The molecule has 0 aromatic heterocycles. The van der Waals surface area contributed by atoms with Crippen LogP contribution in [0.4, 0.5) is 5.69 Å². The van der Waals surface area contributed by atoms with Crippen LogP contribution in [0.1, 0.15) is 54.1 Å². The third-order valence-electron chi connectivity index (χ3n) is 5.18. The molecule has 1 saturated heterocycles. The number of ketones is 1. The van der Waals surface area contributed by atoms with Crippen molar-refractivity contribution in [1.82, 2.24) is 0 Å². The Kier molecular flexibility index (Phi) is 5.24. The first-order valence-electron chi connectivity index (χ1n) is 9.19. The fourth-order valence-corrected chi connectivity index (χ4v) is 3.59. The first-order chi connectivity index (χ1) is 12.0. The summed E-state index contributed by atoms with van der Waals surface area (Å²) in [5.74, 6) is 0.210. The second kappa shape index (κ2) is 7.40. The summed E-state index contributed by atoms with van der Waals surface area (Å²) in [6.07, 6.45) is 2.91. The largest absolute Gasteiger partial charge is 0.385 e. The van der Waals surface area contributed by atoms with Crippen molar-refractivity contribution in [2.24, 2.45) is 0 Å². The number of rotatable bonds is 5. The maximum absolute atomic E-state index is 12.0. The quantitative estimate of drug-likeness (QED) is 0.819. The molecule has 1 fully saturated rings. The third kappa shape index (κ3) is 3.93. The summed E-state index contributed by atoms with van der Waals surface area (Å²) in [5.41, 5.74) is 3.38. The van der Waals surface area contributed by atoms with Crippen molar-refractivity contribution < 1.29 is 9.90 Å². The number of benzene rings is 2. The molecule has 1 N–H and O–H groups in total. The highest BCUT2D eigenvalue weighted by Gasteiger charge is 2.34. The van der Waals surface area contributed by atoms with E-state index in [9.17, 15) is 9.90 Å². The van der Waals surface area contributed by atoms with Crippen molar-refractivity contribution in [2.45, 2.75) is 45.1 Å². The summed E-state index contributed by atoms with van der Waals surface area (Å²) in [7, 11) is 0. The zero-order chi connectivity index (χ0) is 17.9. The molecule has 132 valence electrons. The molecule has 3 rings (SSSR count). The molecule has 0 amide bonds. The lowest BCUT2D eigenvalue weighted by Crippen LogP contribution is -2.42. The highest BCUT2D eigenvalue weighted by molar-refractivity contribution is 5.96. The smallest absolute Gasteiger partial charge is 0.162 e. The topological polar surface area (TPSA) is 40.5 Å². The molecule has 3 nitrogen and oxygen atoms in total. The Morgan fingerprint density at radius 2 is 1.80 bits per heavy atom. The summed E-state index contributed by atoms with van der Waals surface area (Å²) >= 11 is 0. The maximum Gasteiger partial charge on any atom is 0.162 e. The minimum absolute atomic E-state index is 0.210. The van der Waals surface area contributed by atoms with E-state index < -0.39 is 5.60 Å². The van der Waals surface area contributed by atoms with Crippen molar-refractivity contribution >= 4 is 11.5 Å². The van der Waals surface area contributed by atoms with Gasteiger partial charge in [0.25, 0.3) is 0 Å². The van der Waals surface area contributed by atoms with Crippen LogP contribution in [0, 0.1) is 6.92 Å². The monoisotopic (exact) mass is 337 g/mol. The molecule has 0 aliphatic carbocycles. The lowest BCUT2D eigenvalue weighted by atomic mass is 9.83. The number of Topliss-reactive ketones (excluding diaryl/α,β-unsaturated/α-hetero) is 1. The van der Waals surface area contributed by atoms with Crippen molar-refractivity contribution in [3.63, 3.8) is 0 Å². The van der Waals surface area contributed by atoms with Crippen molar-refractivity contribution in [3.8, 4) is 0 Å². The molecule has 2 aromatic rings.